The van der Waals surface area contributed by atoms with Gasteiger partial charge >= 0.3 is 5.97 Å². The second-order valence-corrected chi connectivity index (χ2v) is 4.75. The maximum Gasteiger partial charge on any atom is 0.335 e. The van der Waals surface area contributed by atoms with Crippen LogP contribution >= 0.6 is 0 Å². The largest absolute Gasteiger partial charge is 0.478 e. The highest BCUT2D eigenvalue weighted by atomic mass is 16.5. The Labute approximate surface area is 110 Å². The molecule has 1 aliphatic heterocycles. The lowest BCUT2D eigenvalue weighted by molar-refractivity contribution is -0.133. The fraction of sp³-hybridized carbons (Fsp3) is 0.385. The Hall–Kier alpha value is -2.08. The van der Waals surface area contributed by atoms with Crippen LogP contribution in [0.15, 0.2) is 18.2 Å². The van der Waals surface area contributed by atoms with Crippen LogP contribution in [0.4, 0.5) is 5.69 Å². The topological polar surface area (TPSA) is 76.1 Å². The monoisotopic (exact) mass is 265 g/mol. The first-order valence-electron chi connectivity index (χ1n) is 5.74. The van der Waals surface area contributed by atoms with Crippen molar-refractivity contribution in [3.05, 3.63) is 23.8 Å². The van der Waals surface area contributed by atoms with Gasteiger partial charge in [-0.2, -0.15) is 0 Å². The third-order valence-corrected chi connectivity index (χ3v) is 2.88. The minimum absolute atomic E-state index is 0.0883. The van der Waals surface area contributed by atoms with Gasteiger partial charge in [-0.25, -0.2) is 4.79 Å². The van der Waals surface area contributed by atoms with Crippen molar-refractivity contribution in [3.63, 3.8) is 0 Å². The van der Waals surface area contributed by atoms with E-state index in [0.29, 0.717) is 11.4 Å². The number of amides is 1. The van der Waals surface area contributed by atoms with Crippen LogP contribution < -0.4 is 9.64 Å². The molecule has 0 aliphatic carbocycles. The van der Waals surface area contributed by atoms with Gasteiger partial charge in [0.1, 0.15) is 12.5 Å². The Balaban J connectivity index is 2.52. The van der Waals surface area contributed by atoms with Crippen LogP contribution in [0.1, 0.15) is 24.2 Å². The molecule has 0 bridgehead atoms. The van der Waals surface area contributed by atoms with Crippen LogP contribution in [0.25, 0.3) is 0 Å². The molecule has 6 heteroatoms. The summed E-state index contributed by atoms with van der Waals surface area (Å²) in [5, 5.41) is 8.98. The number of carbonyl (C=O) groups is 2. The van der Waals surface area contributed by atoms with Gasteiger partial charge in [-0.15, -0.1) is 0 Å². The predicted octanol–water partition coefficient (Wildman–Crippen LogP) is 1.49. The van der Waals surface area contributed by atoms with Crippen LogP contribution in [-0.2, 0) is 9.53 Å². The molecule has 1 heterocycles. The van der Waals surface area contributed by atoms with Gasteiger partial charge < -0.3 is 14.6 Å². The van der Waals surface area contributed by atoms with Crippen LogP contribution in [0.2, 0.25) is 0 Å². The highest BCUT2D eigenvalue weighted by Crippen LogP contribution is 2.38. The quantitative estimate of drug-likeness (QED) is 0.896. The molecule has 1 N–H and O–H groups in total. The molecule has 0 atom stereocenters. The maximum absolute atomic E-state index is 12.2. The number of benzene rings is 1. The van der Waals surface area contributed by atoms with Crippen LogP contribution in [0, 0.1) is 0 Å². The number of ether oxygens (including phenoxy) is 2. The number of hydrogen-bond acceptors (Lipinski definition) is 4. The van der Waals surface area contributed by atoms with E-state index < -0.39 is 11.6 Å². The first-order chi connectivity index (χ1) is 8.86. The Morgan fingerprint density at radius 1 is 1.47 bits per heavy atom. The van der Waals surface area contributed by atoms with Crippen LogP contribution in [-0.4, -0.2) is 36.4 Å². The zero-order valence-corrected chi connectivity index (χ0v) is 11.0. The SMILES string of the molecule is COCN1C(=O)C(C)(C)Oc2cc(C(=O)O)ccc21. The summed E-state index contributed by atoms with van der Waals surface area (Å²) in [4.78, 5) is 24.6. The number of nitrogens with zero attached hydrogens (tertiary/aromatic N) is 1. The Morgan fingerprint density at radius 3 is 2.74 bits per heavy atom. The number of hydrogen-bond donors (Lipinski definition) is 1. The summed E-state index contributed by atoms with van der Waals surface area (Å²) >= 11 is 0. The van der Waals surface area contributed by atoms with E-state index in [9.17, 15) is 9.59 Å². The van der Waals surface area contributed by atoms with E-state index in [0.717, 1.165) is 0 Å². The van der Waals surface area contributed by atoms with Crippen molar-refractivity contribution in [2.24, 2.45) is 0 Å². The summed E-state index contributed by atoms with van der Waals surface area (Å²) < 4.78 is 10.6. The van der Waals surface area contributed by atoms with E-state index in [2.05, 4.69) is 0 Å². The minimum atomic E-state index is -1.05. The Morgan fingerprint density at radius 2 is 2.16 bits per heavy atom. The third-order valence-electron chi connectivity index (χ3n) is 2.88. The van der Waals surface area contributed by atoms with Crippen molar-refractivity contribution in [2.75, 3.05) is 18.7 Å². The standard InChI is InChI=1S/C13H15NO5/c1-13(2)12(17)14(7-18-3)9-5-4-8(11(15)16)6-10(9)19-13/h4-6H,7H2,1-3H3,(H,15,16). The smallest absolute Gasteiger partial charge is 0.335 e. The molecule has 6 nitrogen and oxygen atoms in total. The molecule has 0 radical (unpaired) electrons. The van der Waals surface area contributed by atoms with Crippen molar-refractivity contribution in [2.45, 2.75) is 19.4 Å². The van der Waals surface area contributed by atoms with Crippen molar-refractivity contribution >= 4 is 17.6 Å². The molecule has 0 saturated carbocycles. The lowest BCUT2D eigenvalue weighted by atomic mass is 10.0. The second kappa shape index (κ2) is 4.55. The molecule has 1 aliphatic rings. The van der Waals surface area contributed by atoms with E-state index in [4.69, 9.17) is 14.6 Å². The first-order valence-corrected chi connectivity index (χ1v) is 5.74. The van der Waals surface area contributed by atoms with Crippen molar-refractivity contribution in [3.8, 4) is 5.75 Å². The van der Waals surface area contributed by atoms with Crippen molar-refractivity contribution in [1.29, 1.82) is 0 Å². The number of fused-ring (bicyclic) bond motifs is 1. The van der Waals surface area contributed by atoms with Gasteiger partial charge in [0.05, 0.1) is 11.3 Å². The molecule has 0 aromatic heterocycles. The van der Waals surface area contributed by atoms with Gasteiger partial charge in [0.25, 0.3) is 5.91 Å². The van der Waals surface area contributed by atoms with E-state index in [1.807, 2.05) is 0 Å². The zero-order valence-electron chi connectivity index (χ0n) is 11.0. The molecule has 2 rings (SSSR count). The minimum Gasteiger partial charge on any atom is -0.478 e. The number of anilines is 1. The lowest BCUT2D eigenvalue weighted by Gasteiger charge is -2.38. The van der Waals surface area contributed by atoms with Gasteiger partial charge in [-0.3, -0.25) is 9.69 Å². The van der Waals surface area contributed by atoms with Gasteiger partial charge in [0, 0.05) is 7.11 Å². The molecule has 0 saturated heterocycles. The van der Waals surface area contributed by atoms with E-state index in [-0.39, 0.29) is 18.2 Å². The van der Waals surface area contributed by atoms with E-state index in [1.54, 1.807) is 19.9 Å². The van der Waals surface area contributed by atoms with Crippen LogP contribution in [0.5, 0.6) is 5.75 Å². The number of rotatable bonds is 3. The third kappa shape index (κ3) is 2.26. The molecule has 1 aromatic carbocycles. The molecule has 1 aromatic rings. The molecule has 19 heavy (non-hydrogen) atoms. The van der Waals surface area contributed by atoms with Gasteiger partial charge in [0.15, 0.2) is 5.60 Å². The van der Waals surface area contributed by atoms with Crippen molar-refractivity contribution < 1.29 is 24.2 Å². The lowest BCUT2D eigenvalue weighted by Crippen LogP contribution is -2.53. The summed E-state index contributed by atoms with van der Waals surface area (Å²) in [5.74, 6) is -0.911. The molecule has 0 spiro atoms. The summed E-state index contributed by atoms with van der Waals surface area (Å²) in [6.07, 6.45) is 0. The van der Waals surface area contributed by atoms with Crippen LogP contribution in [0.3, 0.4) is 0 Å². The molecule has 102 valence electrons. The summed E-state index contributed by atoms with van der Waals surface area (Å²) in [7, 11) is 1.49. The van der Waals surface area contributed by atoms with Gasteiger partial charge in [-0.05, 0) is 32.0 Å². The number of carbonyl (C=O) groups excluding carboxylic acids is 1. The fourth-order valence-electron chi connectivity index (χ4n) is 1.96. The first kappa shape index (κ1) is 13.4. The number of carboxylic acids is 1. The molecule has 1 amide bonds. The zero-order chi connectivity index (χ0) is 14.2. The molecule has 0 fully saturated rings. The van der Waals surface area contributed by atoms with E-state index >= 15 is 0 Å². The number of carboxylic acid groups (broad SMARTS) is 1. The Bertz CT molecular complexity index is 538. The highest BCUT2D eigenvalue weighted by molar-refractivity contribution is 6.03. The summed E-state index contributed by atoms with van der Waals surface area (Å²) in [6, 6.07) is 4.39. The van der Waals surface area contributed by atoms with Gasteiger partial charge in [0.2, 0.25) is 0 Å². The Kier molecular flexibility index (Phi) is 3.20. The highest BCUT2D eigenvalue weighted by Gasteiger charge is 2.41. The molecular weight excluding hydrogens is 250 g/mol. The number of aromatic carboxylic acids is 1. The molecular formula is C13H15NO5. The maximum atomic E-state index is 12.2. The van der Waals surface area contributed by atoms with E-state index in [1.165, 1.54) is 24.1 Å². The van der Waals surface area contributed by atoms with Crippen molar-refractivity contribution in [1.82, 2.24) is 0 Å². The summed E-state index contributed by atoms with van der Waals surface area (Å²) in [6.45, 7) is 3.35. The molecule has 0 unspecified atom stereocenters. The average molecular weight is 265 g/mol. The average Bonchev–Trinajstić information content (AvgIpc) is 2.33. The normalized spacial score (nSPS) is 16.8. The fourth-order valence-corrected chi connectivity index (χ4v) is 1.96. The number of methoxy groups -OCH3 is 1. The summed E-state index contributed by atoms with van der Waals surface area (Å²) in [5.41, 5.74) is -0.430. The van der Waals surface area contributed by atoms with Gasteiger partial charge in [-0.1, -0.05) is 0 Å². The second-order valence-electron chi connectivity index (χ2n) is 4.75. The predicted molar refractivity (Wildman–Crippen MR) is 67.5 cm³/mol.